The predicted molar refractivity (Wildman–Crippen MR) is 247 cm³/mol. The van der Waals surface area contributed by atoms with Gasteiger partial charge in [0.2, 0.25) is 29.5 Å². The van der Waals surface area contributed by atoms with E-state index in [0.29, 0.717) is 16.7 Å². The molecule has 0 spiro atoms. The summed E-state index contributed by atoms with van der Waals surface area (Å²) >= 11 is 8.24. The highest BCUT2D eigenvalue weighted by Crippen LogP contribution is 2.21. The third-order valence-electron chi connectivity index (χ3n) is 10.6. The van der Waals surface area contributed by atoms with Crippen LogP contribution in [0.3, 0.4) is 0 Å². The molecule has 0 aliphatic carbocycles. The number of hydrogen-bond acceptors (Lipinski definition) is 9. The molecule has 4 aromatic carbocycles. The zero-order valence-electron chi connectivity index (χ0n) is 34.1. The lowest BCUT2D eigenvalue weighted by Crippen LogP contribution is -2.60. The Kier molecular flexibility index (Phi) is 16.0. The number of aromatic nitrogens is 2. The van der Waals surface area contributed by atoms with Crippen LogP contribution in [0.2, 0.25) is 0 Å². The molecule has 10 N–H and O–H groups in total. The van der Waals surface area contributed by atoms with E-state index in [0.717, 1.165) is 27.4 Å². The molecular weight excluding hydrogens is 841 g/mol. The van der Waals surface area contributed by atoms with Gasteiger partial charge in [-0.3, -0.25) is 24.0 Å². The quantitative estimate of drug-likeness (QED) is 0.0480. The van der Waals surface area contributed by atoms with Crippen molar-refractivity contribution in [1.29, 1.82) is 0 Å². The molecule has 15 nitrogen and oxygen atoms in total. The SMILES string of the molecule is N[C@@H](CS)C(=O)N[C@@H](Cc1c[nH]c2ccccc12)C(=O)N[C@@H](Cc1ccccc1)C(=O)N[C@@H](Cc1c[nH]c2ccccc12)C(=O)N[C@@H](Cc1ccccc1)C(=O)N[C@@H](CS)C(=O)O. The molecule has 0 saturated carbocycles. The van der Waals surface area contributed by atoms with Crippen LogP contribution in [-0.2, 0) is 54.5 Å². The second-order valence-corrected chi connectivity index (χ2v) is 15.9. The minimum absolute atomic E-state index is 0.00181. The average molecular weight is 891 g/mol. The number of nitrogens with two attached hydrogens (primary N) is 1. The number of hydrogen-bond donors (Lipinski definition) is 11. The number of carboxylic acids is 1. The average Bonchev–Trinajstić information content (AvgIpc) is 3.91. The Balaban J connectivity index is 1.32. The van der Waals surface area contributed by atoms with Crippen molar-refractivity contribution >= 4 is 82.6 Å². The molecule has 2 heterocycles. The number of thiol groups is 2. The first-order valence-corrected chi connectivity index (χ1v) is 21.6. The van der Waals surface area contributed by atoms with Crippen LogP contribution in [0.15, 0.2) is 122 Å². The summed E-state index contributed by atoms with van der Waals surface area (Å²) in [7, 11) is 0. The number of aromatic amines is 2. The summed E-state index contributed by atoms with van der Waals surface area (Å²) in [4.78, 5) is 88.7. The van der Waals surface area contributed by atoms with Gasteiger partial charge in [-0.2, -0.15) is 25.3 Å². The van der Waals surface area contributed by atoms with Gasteiger partial charge in [-0.05, 0) is 34.4 Å². The van der Waals surface area contributed by atoms with Gasteiger partial charge in [-0.15, -0.1) is 0 Å². The van der Waals surface area contributed by atoms with Gasteiger partial charge in [0.05, 0.1) is 6.04 Å². The molecule has 2 aromatic heterocycles. The van der Waals surface area contributed by atoms with Gasteiger partial charge in [0, 0.05) is 71.4 Å². The largest absolute Gasteiger partial charge is 0.480 e. The van der Waals surface area contributed by atoms with Crippen LogP contribution in [0.25, 0.3) is 21.8 Å². The second-order valence-electron chi connectivity index (χ2n) is 15.1. The highest BCUT2D eigenvalue weighted by molar-refractivity contribution is 7.80. The summed E-state index contributed by atoms with van der Waals surface area (Å²) in [5.74, 6) is -4.98. The maximum atomic E-state index is 14.7. The van der Waals surface area contributed by atoms with Gasteiger partial charge in [0.25, 0.3) is 0 Å². The number of carbonyl (C=O) groups is 6. The molecule has 63 heavy (non-hydrogen) atoms. The first-order chi connectivity index (χ1) is 30.4. The Morgan fingerprint density at radius 3 is 1.21 bits per heavy atom. The van der Waals surface area contributed by atoms with Gasteiger partial charge >= 0.3 is 5.97 Å². The van der Waals surface area contributed by atoms with Gasteiger partial charge in [-0.1, -0.05) is 97.1 Å². The van der Waals surface area contributed by atoms with E-state index in [2.05, 4.69) is 61.8 Å². The Labute approximate surface area is 374 Å². The van der Waals surface area contributed by atoms with E-state index in [9.17, 15) is 33.9 Å². The molecule has 6 rings (SSSR count). The monoisotopic (exact) mass is 890 g/mol. The fourth-order valence-electron chi connectivity index (χ4n) is 7.21. The summed E-state index contributed by atoms with van der Waals surface area (Å²) in [5.41, 5.74) is 10.4. The van der Waals surface area contributed by atoms with Crippen LogP contribution in [0.4, 0.5) is 0 Å². The number of H-pyrrole nitrogens is 2. The van der Waals surface area contributed by atoms with Gasteiger partial charge in [0.1, 0.15) is 30.2 Å². The van der Waals surface area contributed by atoms with Crippen molar-refractivity contribution in [2.24, 2.45) is 5.73 Å². The Bertz CT molecular complexity index is 2530. The summed E-state index contributed by atoms with van der Waals surface area (Å²) in [6.07, 6.45) is 3.49. The van der Waals surface area contributed by atoms with Crippen molar-refractivity contribution in [3.63, 3.8) is 0 Å². The Morgan fingerprint density at radius 2 is 0.825 bits per heavy atom. The van der Waals surface area contributed by atoms with E-state index >= 15 is 0 Å². The van der Waals surface area contributed by atoms with Crippen LogP contribution < -0.4 is 32.3 Å². The number of para-hydroxylation sites is 2. The molecule has 17 heteroatoms. The molecule has 328 valence electrons. The molecule has 6 aromatic rings. The number of benzene rings is 4. The zero-order valence-corrected chi connectivity index (χ0v) is 35.9. The highest BCUT2D eigenvalue weighted by Gasteiger charge is 2.34. The summed E-state index contributed by atoms with van der Waals surface area (Å²) in [6, 6.07) is 25.4. The van der Waals surface area contributed by atoms with Crippen LogP contribution in [0, 0.1) is 0 Å². The van der Waals surface area contributed by atoms with Crippen LogP contribution in [0.1, 0.15) is 22.3 Å². The lowest BCUT2D eigenvalue weighted by Gasteiger charge is -2.27. The van der Waals surface area contributed by atoms with Gasteiger partial charge in [0.15, 0.2) is 0 Å². The summed E-state index contributed by atoms with van der Waals surface area (Å²) in [6.45, 7) is 0. The van der Waals surface area contributed by atoms with E-state index in [1.165, 1.54) is 0 Å². The minimum atomic E-state index is -1.33. The lowest BCUT2D eigenvalue weighted by molar-refractivity contribution is -0.141. The van der Waals surface area contributed by atoms with E-state index in [-0.39, 0.29) is 37.2 Å². The van der Waals surface area contributed by atoms with Gasteiger partial charge in [-0.25, -0.2) is 4.79 Å². The zero-order chi connectivity index (χ0) is 44.9. The first-order valence-electron chi connectivity index (χ1n) is 20.3. The highest BCUT2D eigenvalue weighted by atomic mass is 32.1. The number of carboxylic acid groups (broad SMARTS) is 1. The molecule has 6 atom stereocenters. The van der Waals surface area contributed by atoms with Crippen molar-refractivity contribution in [3.8, 4) is 0 Å². The molecule has 5 amide bonds. The van der Waals surface area contributed by atoms with Crippen LogP contribution in [-0.4, -0.2) is 98.3 Å². The van der Waals surface area contributed by atoms with E-state index in [4.69, 9.17) is 5.73 Å². The topological polar surface area (TPSA) is 240 Å². The standard InChI is InChI=1S/C46H50N8O7S2/c47-33(25-62)41(55)50-38(21-29-23-48-34-17-9-7-15-31(29)34)44(58)51-36(19-27-11-3-1-4-12-27)42(56)53-39(22-30-24-49-35-18-10-8-16-32(30)35)45(59)52-37(20-28-13-5-2-6-14-28)43(57)54-40(26-63)46(60)61/h1-18,23-24,33,36-40,48-49,62-63H,19-22,25-26,47H2,(H,50,55)(H,51,58)(H,52,59)(H,53,56)(H,54,57)(H,60,61)/t33-,36-,37-,38-,39-,40-/m0/s1. The van der Waals surface area contributed by atoms with Crippen molar-refractivity contribution in [2.45, 2.75) is 61.9 Å². The number of carbonyl (C=O) groups excluding carboxylic acids is 5. The first kappa shape index (κ1) is 46.0. The van der Waals surface area contributed by atoms with Crippen LogP contribution in [0.5, 0.6) is 0 Å². The molecule has 0 radical (unpaired) electrons. The third-order valence-corrected chi connectivity index (χ3v) is 11.4. The normalized spacial score (nSPS) is 14.1. The van der Waals surface area contributed by atoms with Crippen molar-refractivity contribution in [3.05, 3.63) is 144 Å². The predicted octanol–water partition coefficient (Wildman–Crippen LogP) is 2.62. The van der Waals surface area contributed by atoms with Crippen molar-refractivity contribution < 1.29 is 33.9 Å². The molecule has 0 aliphatic heterocycles. The number of amides is 5. The molecular formula is C46H50N8O7S2. The maximum Gasteiger partial charge on any atom is 0.327 e. The maximum absolute atomic E-state index is 14.7. The van der Waals surface area contributed by atoms with Crippen molar-refractivity contribution in [2.75, 3.05) is 11.5 Å². The Hall–Kier alpha value is -6.56. The van der Waals surface area contributed by atoms with Crippen molar-refractivity contribution in [1.82, 2.24) is 36.6 Å². The molecule has 0 aliphatic rings. The molecule has 0 fully saturated rings. The second kappa shape index (κ2) is 22.0. The fraction of sp³-hybridized carbons (Fsp3) is 0.261. The number of rotatable bonds is 21. The third kappa shape index (κ3) is 12.3. The van der Waals surface area contributed by atoms with E-state index in [1.54, 1.807) is 67.0 Å². The molecule has 0 saturated heterocycles. The van der Waals surface area contributed by atoms with E-state index in [1.807, 2.05) is 54.6 Å². The van der Waals surface area contributed by atoms with Crippen LogP contribution >= 0.6 is 25.3 Å². The Morgan fingerprint density at radius 1 is 0.476 bits per heavy atom. The smallest absolute Gasteiger partial charge is 0.327 e. The molecule has 0 bridgehead atoms. The number of nitrogens with one attached hydrogen (secondary N) is 7. The summed E-state index contributed by atoms with van der Waals surface area (Å²) < 4.78 is 0. The number of fused-ring (bicyclic) bond motifs is 2. The van der Waals surface area contributed by atoms with Gasteiger partial charge < -0.3 is 47.4 Å². The lowest BCUT2D eigenvalue weighted by atomic mass is 10.00. The number of aliphatic carboxylic acids is 1. The fourth-order valence-corrected chi connectivity index (χ4v) is 7.63. The minimum Gasteiger partial charge on any atom is -0.480 e. The molecule has 0 unspecified atom stereocenters. The summed E-state index contributed by atoms with van der Waals surface area (Å²) in [5, 5.41) is 25.0. The van der Waals surface area contributed by atoms with E-state index < -0.39 is 71.8 Å².